The van der Waals surface area contributed by atoms with E-state index in [2.05, 4.69) is 10.3 Å². The number of nitrogens with zero attached hydrogens (tertiary/aromatic N) is 2. The average Bonchev–Trinajstić information content (AvgIpc) is 2.33. The molecule has 0 spiro atoms. The number of rotatable bonds is 2. The number of likely N-dealkylation sites (N-methyl/N-ethyl adjacent to an activating group) is 1. The highest BCUT2D eigenvalue weighted by molar-refractivity contribution is 5.77. The van der Waals surface area contributed by atoms with Crippen LogP contribution in [0.4, 0.5) is 19.0 Å². The summed E-state index contributed by atoms with van der Waals surface area (Å²) in [4.78, 5) is 16.8. The Bertz CT molecular complexity index is 476. The number of hydrogen-bond acceptors (Lipinski definition) is 3. The molecule has 104 valence electrons. The first-order valence-electron chi connectivity index (χ1n) is 5.90. The van der Waals surface area contributed by atoms with Crippen LogP contribution in [0.2, 0.25) is 0 Å². The minimum atomic E-state index is -4.38. The number of carbonyl (C=O) groups is 1. The molecule has 0 saturated carbocycles. The number of amides is 1. The first-order valence-corrected chi connectivity index (χ1v) is 5.90. The Morgan fingerprint density at radius 2 is 2.21 bits per heavy atom. The third-order valence-electron chi connectivity index (χ3n) is 3.07. The van der Waals surface area contributed by atoms with Gasteiger partial charge in [0.1, 0.15) is 5.82 Å². The molecule has 1 aliphatic rings. The van der Waals surface area contributed by atoms with Crippen LogP contribution in [0.5, 0.6) is 0 Å². The maximum Gasteiger partial charge on any atom is 0.416 e. The monoisotopic (exact) mass is 273 g/mol. The number of aromatic nitrogens is 1. The zero-order chi connectivity index (χ0) is 14.0. The molecular weight excluding hydrogens is 259 g/mol. The van der Waals surface area contributed by atoms with Crippen molar-refractivity contribution in [2.45, 2.75) is 25.1 Å². The molecule has 2 rings (SSSR count). The summed E-state index contributed by atoms with van der Waals surface area (Å²) in [6.07, 6.45) is -2.25. The highest BCUT2D eigenvalue weighted by Gasteiger charge is 2.31. The van der Waals surface area contributed by atoms with Gasteiger partial charge in [-0.1, -0.05) is 0 Å². The predicted molar refractivity (Wildman–Crippen MR) is 63.5 cm³/mol. The van der Waals surface area contributed by atoms with Crippen LogP contribution in [-0.2, 0) is 11.0 Å². The molecule has 0 bridgehead atoms. The fourth-order valence-electron chi connectivity index (χ4n) is 2.03. The fourth-order valence-corrected chi connectivity index (χ4v) is 2.03. The third kappa shape index (κ3) is 3.36. The van der Waals surface area contributed by atoms with Crippen molar-refractivity contribution in [1.29, 1.82) is 0 Å². The van der Waals surface area contributed by atoms with E-state index in [0.29, 0.717) is 19.4 Å². The van der Waals surface area contributed by atoms with Gasteiger partial charge in [0.05, 0.1) is 5.56 Å². The highest BCUT2D eigenvalue weighted by Crippen LogP contribution is 2.30. The number of anilines is 1. The fraction of sp³-hybridized carbons (Fsp3) is 0.500. The molecule has 0 aromatic carbocycles. The Hall–Kier alpha value is -1.79. The summed E-state index contributed by atoms with van der Waals surface area (Å²) in [5.41, 5.74) is -0.731. The average molecular weight is 273 g/mol. The highest BCUT2D eigenvalue weighted by atomic mass is 19.4. The number of halogens is 3. The van der Waals surface area contributed by atoms with Crippen molar-refractivity contribution >= 4 is 11.7 Å². The van der Waals surface area contributed by atoms with Crippen molar-refractivity contribution in [2.24, 2.45) is 0 Å². The van der Waals surface area contributed by atoms with Gasteiger partial charge in [-0.15, -0.1) is 0 Å². The molecule has 1 aliphatic heterocycles. The molecule has 1 aromatic rings. The molecule has 1 unspecified atom stereocenters. The number of alkyl halides is 3. The van der Waals surface area contributed by atoms with Crippen LogP contribution in [-0.4, -0.2) is 35.4 Å². The predicted octanol–water partition coefficient (Wildman–Crippen LogP) is 2.13. The van der Waals surface area contributed by atoms with Crippen molar-refractivity contribution in [2.75, 3.05) is 18.9 Å². The second-order valence-electron chi connectivity index (χ2n) is 4.58. The van der Waals surface area contributed by atoms with Gasteiger partial charge >= 0.3 is 6.18 Å². The van der Waals surface area contributed by atoms with E-state index in [0.717, 1.165) is 18.3 Å². The first-order chi connectivity index (χ1) is 8.86. The van der Waals surface area contributed by atoms with Crippen LogP contribution >= 0.6 is 0 Å². The number of likely N-dealkylation sites (tertiary alicyclic amines) is 1. The van der Waals surface area contributed by atoms with E-state index in [9.17, 15) is 18.0 Å². The second-order valence-corrected chi connectivity index (χ2v) is 4.58. The van der Waals surface area contributed by atoms with E-state index in [1.54, 1.807) is 11.9 Å². The third-order valence-corrected chi connectivity index (χ3v) is 3.07. The van der Waals surface area contributed by atoms with Crippen molar-refractivity contribution in [3.8, 4) is 0 Å². The van der Waals surface area contributed by atoms with E-state index < -0.39 is 11.7 Å². The van der Waals surface area contributed by atoms with Gasteiger partial charge in [0.2, 0.25) is 5.91 Å². The SMILES string of the molecule is CN1CC(Nc2cc(C(F)(F)F)ccn2)CCC1=O. The van der Waals surface area contributed by atoms with Crippen molar-refractivity contribution in [1.82, 2.24) is 9.88 Å². The van der Waals surface area contributed by atoms with Crippen LogP contribution < -0.4 is 5.32 Å². The summed E-state index contributed by atoms with van der Waals surface area (Å²) in [6, 6.07) is 1.84. The van der Waals surface area contributed by atoms with Gasteiger partial charge < -0.3 is 10.2 Å². The maximum absolute atomic E-state index is 12.6. The van der Waals surface area contributed by atoms with E-state index in [4.69, 9.17) is 0 Å². The molecular formula is C12H14F3N3O. The number of piperidine rings is 1. The summed E-state index contributed by atoms with van der Waals surface area (Å²) in [7, 11) is 1.68. The first kappa shape index (κ1) is 13.6. The van der Waals surface area contributed by atoms with Gasteiger partial charge in [-0.2, -0.15) is 13.2 Å². The van der Waals surface area contributed by atoms with E-state index >= 15 is 0 Å². The molecule has 1 aromatic heterocycles. The number of pyridine rings is 1. The van der Waals surface area contributed by atoms with E-state index in [-0.39, 0.29) is 17.8 Å². The molecule has 1 fully saturated rings. The summed E-state index contributed by atoms with van der Waals surface area (Å²) in [5.74, 6) is 0.234. The largest absolute Gasteiger partial charge is 0.416 e. The van der Waals surface area contributed by atoms with Crippen LogP contribution in [0.1, 0.15) is 18.4 Å². The number of hydrogen-bond donors (Lipinski definition) is 1. The van der Waals surface area contributed by atoms with Gasteiger partial charge in [0.25, 0.3) is 0 Å². The van der Waals surface area contributed by atoms with Crippen LogP contribution in [0.25, 0.3) is 0 Å². The Labute approximate surface area is 108 Å². The standard InChI is InChI=1S/C12H14F3N3O/c1-18-7-9(2-3-11(18)19)17-10-6-8(4-5-16-10)12(13,14)15/h4-6,9H,2-3,7H2,1H3,(H,16,17). The van der Waals surface area contributed by atoms with Gasteiger partial charge in [0, 0.05) is 32.3 Å². The normalized spacial score (nSPS) is 20.5. The van der Waals surface area contributed by atoms with Gasteiger partial charge in [-0.25, -0.2) is 4.98 Å². The molecule has 7 heteroatoms. The molecule has 4 nitrogen and oxygen atoms in total. The number of nitrogens with one attached hydrogen (secondary N) is 1. The van der Waals surface area contributed by atoms with Gasteiger partial charge in [-0.3, -0.25) is 4.79 Å². The zero-order valence-electron chi connectivity index (χ0n) is 10.4. The smallest absolute Gasteiger partial charge is 0.366 e. The number of carbonyl (C=O) groups excluding carboxylic acids is 1. The Morgan fingerprint density at radius 1 is 1.47 bits per heavy atom. The Morgan fingerprint density at radius 3 is 2.84 bits per heavy atom. The summed E-state index contributed by atoms with van der Waals surface area (Å²) < 4.78 is 37.7. The molecule has 1 N–H and O–H groups in total. The lowest BCUT2D eigenvalue weighted by Crippen LogP contribution is -2.43. The van der Waals surface area contributed by atoms with Crippen LogP contribution in [0.15, 0.2) is 18.3 Å². The molecule has 1 amide bonds. The minimum absolute atomic E-state index is 0.0510. The summed E-state index contributed by atoms with van der Waals surface area (Å²) >= 11 is 0. The van der Waals surface area contributed by atoms with Crippen molar-refractivity contribution in [3.63, 3.8) is 0 Å². The van der Waals surface area contributed by atoms with E-state index in [1.807, 2.05) is 0 Å². The molecule has 19 heavy (non-hydrogen) atoms. The van der Waals surface area contributed by atoms with Crippen molar-refractivity contribution in [3.05, 3.63) is 23.9 Å². The lowest BCUT2D eigenvalue weighted by molar-refractivity contribution is -0.137. The van der Waals surface area contributed by atoms with Gasteiger partial charge in [-0.05, 0) is 18.6 Å². The topological polar surface area (TPSA) is 45.2 Å². The second kappa shape index (κ2) is 5.07. The summed E-state index contributed by atoms with van der Waals surface area (Å²) in [6.45, 7) is 0.469. The maximum atomic E-state index is 12.6. The van der Waals surface area contributed by atoms with Gasteiger partial charge in [0.15, 0.2) is 0 Å². The Balaban J connectivity index is 2.05. The molecule has 1 saturated heterocycles. The molecule has 0 aliphatic carbocycles. The molecule has 2 heterocycles. The zero-order valence-corrected chi connectivity index (χ0v) is 10.4. The lowest BCUT2D eigenvalue weighted by Gasteiger charge is -2.30. The van der Waals surface area contributed by atoms with Crippen molar-refractivity contribution < 1.29 is 18.0 Å². The van der Waals surface area contributed by atoms with E-state index in [1.165, 1.54) is 0 Å². The molecule has 0 radical (unpaired) electrons. The molecule has 1 atom stereocenters. The summed E-state index contributed by atoms with van der Waals surface area (Å²) in [5, 5.41) is 2.94. The van der Waals surface area contributed by atoms with Crippen LogP contribution in [0, 0.1) is 0 Å². The lowest BCUT2D eigenvalue weighted by atomic mass is 10.1. The Kier molecular flexibility index (Phi) is 3.64. The quantitative estimate of drug-likeness (QED) is 0.898. The minimum Gasteiger partial charge on any atom is -0.366 e. The van der Waals surface area contributed by atoms with Crippen LogP contribution in [0.3, 0.4) is 0 Å².